The Morgan fingerprint density at radius 3 is 3.06 bits per heavy atom. The predicted molar refractivity (Wildman–Crippen MR) is 133 cm³/mol. The summed E-state index contributed by atoms with van der Waals surface area (Å²) in [5, 5.41) is 16.4. The number of nitrogens with zero attached hydrogens (tertiary/aromatic N) is 2. The number of H-pyrrole nitrogens is 1. The van der Waals surface area contributed by atoms with Crippen molar-refractivity contribution >= 4 is 35.0 Å². The zero-order chi connectivity index (χ0) is 24.5. The van der Waals surface area contributed by atoms with Crippen LogP contribution in [0.1, 0.15) is 34.5 Å². The molecular weight excluding hydrogens is 470 g/mol. The van der Waals surface area contributed by atoms with Crippen LogP contribution in [0.5, 0.6) is 5.75 Å². The summed E-state index contributed by atoms with van der Waals surface area (Å²) >= 11 is 6.34. The first-order chi connectivity index (χ1) is 16.9. The zero-order valence-corrected chi connectivity index (χ0v) is 20.0. The Labute approximate surface area is 207 Å². The molecule has 1 atom stereocenters. The van der Waals surface area contributed by atoms with Gasteiger partial charge in [0.1, 0.15) is 12.4 Å². The molecule has 3 aromatic rings. The second-order valence-corrected chi connectivity index (χ2v) is 9.13. The molecule has 0 spiro atoms. The van der Waals surface area contributed by atoms with E-state index in [0.29, 0.717) is 47.2 Å². The average molecular weight is 496 g/mol. The number of rotatable bonds is 6. The van der Waals surface area contributed by atoms with Gasteiger partial charge in [0.05, 0.1) is 29.2 Å². The van der Waals surface area contributed by atoms with Crippen molar-refractivity contribution in [3.05, 3.63) is 58.5 Å². The number of amides is 2. The summed E-state index contributed by atoms with van der Waals surface area (Å²) in [7, 11) is 0. The lowest BCUT2D eigenvalue weighted by molar-refractivity contribution is 0.0946. The molecular formula is C25H26ClN5O4. The van der Waals surface area contributed by atoms with Gasteiger partial charge >= 0.3 is 6.09 Å². The van der Waals surface area contributed by atoms with Crippen molar-refractivity contribution in [2.75, 3.05) is 25.0 Å². The van der Waals surface area contributed by atoms with E-state index in [4.69, 9.17) is 16.3 Å². The molecule has 9 nitrogen and oxygen atoms in total. The monoisotopic (exact) mass is 495 g/mol. The quantitative estimate of drug-likeness (QED) is 0.397. The number of anilines is 2. The predicted octanol–water partition coefficient (Wildman–Crippen LogP) is 4.59. The van der Waals surface area contributed by atoms with Crippen molar-refractivity contribution in [3.63, 3.8) is 0 Å². The number of aromatic nitrogens is 2. The number of nitrogens with one attached hydrogen (secondary N) is 3. The zero-order valence-electron chi connectivity index (χ0n) is 19.2. The van der Waals surface area contributed by atoms with E-state index >= 15 is 0 Å². The highest BCUT2D eigenvalue weighted by molar-refractivity contribution is 6.31. The van der Waals surface area contributed by atoms with Crippen molar-refractivity contribution in [2.45, 2.75) is 32.2 Å². The third kappa shape index (κ3) is 4.39. The van der Waals surface area contributed by atoms with Crippen LogP contribution in [-0.2, 0) is 6.42 Å². The molecule has 0 saturated carbocycles. The molecule has 1 saturated heterocycles. The van der Waals surface area contributed by atoms with Crippen molar-refractivity contribution in [2.24, 2.45) is 0 Å². The van der Waals surface area contributed by atoms with Gasteiger partial charge in [-0.1, -0.05) is 17.7 Å². The Bertz CT molecular complexity index is 1290. The number of carboxylic acid groups (broad SMARTS) is 1. The van der Waals surface area contributed by atoms with Crippen LogP contribution in [0.4, 0.5) is 16.2 Å². The Morgan fingerprint density at radius 1 is 1.37 bits per heavy atom. The molecule has 35 heavy (non-hydrogen) atoms. The van der Waals surface area contributed by atoms with E-state index in [2.05, 4.69) is 20.6 Å². The van der Waals surface area contributed by atoms with Gasteiger partial charge in [0.15, 0.2) is 0 Å². The molecule has 0 unspecified atom stereocenters. The molecule has 2 aliphatic rings. The van der Waals surface area contributed by atoms with Gasteiger partial charge in [-0.3, -0.25) is 9.78 Å². The number of benzene rings is 1. The number of aromatic amines is 1. The lowest BCUT2D eigenvalue weighted by Gasteiger charge is -2.22. The summed E-state index contributed by atoms with van der Waals surface area (Å²) in [6, 6.07) is 7.20. The number of carbonyl (C=O) groups is 2. The molecule has 0 bridgehead atoms. The molecule has 10 heteroatoms. The second kappa shape index (κ2) is 9.50. The van der Waals surface area contributed by atoms with E-state index in [1.54, 1.807) is 12.4 Å². The van der Waals surface area contributed by atoms with Crippen molar-refractivity contribution in [1.82, 2.24) is 20.2 Å². The molecule has 0 aliphatic carbocycles. The fraction of sp³-hybridized carbons (Fsp3) is 0.320. The van der Waals surface area contributed by atoms with E-state index < -0.39 is 6.09 Å². The Kier molecular flexibility index (Phi) is 6.25. The SMILES string of the molecule is Cc1c(Cl)cccc1Nc1c(-c2ccncc2OC[C@@H]2CCCN2C(=O)O)[nH]c2c1C(=O)NCC2. The Morgan fingerprint density at radius 2 is 2.23 bits per heavy atom. The van der Waals surface area contributed by atoms with Crippen LogP contribution in [0, 0.1) is 6.92 Å². The standard InChI is InChI=1S/C25H26ClN5O4/c1-14-17(26)5-2-6-18(14)29-23-21-19(8-10-28-24(21)32)30-22(23)16-7-9-27-12-20(16)35-13-15-4-3-11-31(15)25(33)34/h2,5-7,9,12,15,29-30H,3-4,8,10-11,13H2,1H3,(H,28,32)(H,33,34)/t15-/m0/s1. The highest BCUT2D eigenvalue weighted by atomic mass is 35.5. The van der Waals surface area contributed by atoms with Gasteiger partial charge < -0.3 is 30.4 Å². The minimum absolute atomic E-state index is 0.157. The highest BCUT2D eigenvalue weighted by Crippen LogP contribution is 2.41. The minimum atomic E-state index is -0.936. The number of hydrogen-bond acceptors (Lipinski definition) is 5. The molecule has 2 aliphatic heterocycles. The summed E-state index contributed by atoms with van der Waals surface area (Å²) in [6.07, 6.45) is 4.57. The van der Waals surface area contributed by atoms with Gasteiger partial charge in [-0.05, 0) is 43.5 Å². The third-order valence-corrected chi connectivity index (χ3v) is 7.01. The molecule has 1 aromatic carbocycles. The van der Waals surface area contributed by atoms with Gasteiger partial charge in [-0.25, -0.2) is 4.79 Å². The molecule has 4 heterocycles. The summed E-state index contributed by atoms with van der Waals surface area (Å²) in [5.41, 5.74) is 5.11. The molecule has 182 valence electrons. The Hall–Kier alpha value is -3.72. The van der Waals surface area contributed by atoms with Crippen LogP contribution in [-0.4, -0.2) is 57.7 Å². The summed E-state index contributed by atoms with van der Waals surface area (Å²) in [5.74, 6) is 0.352. The van der Waals surface area contributed by atoms with Gasteiger partial charge in [0.2, 0.25) is 0 Å². The Balaban J connectivity index is 1.53. The first-order valence-electron chi connectivity index (χ1n) is 11.6. The number of ether oxygens (including phenoxy) is 1. The van der Waals surface area contributed by atoms with Crippen molar-refractivity contribution in [1.29, 1.82) is 0 Å². The normalized spacial score (nSPS) is 17.1. The number of carbonyl (C=O) groups excluding carboxylic acids is 1. The van der Waals surface area contributed by atoms with Crippen LogP contribution in [0.2, 0.25) is 5.02 Å². The van der Waals surface area contributed by atoms with Crippen LogP contribution in [0.3, 0.4) is 0 Å². The van der Waals surface area contributed by atoms with E-state index in [0.717, 1.165) is 35.3 Å². The number of fused-ring (bicyclic) bond motifs is 1. The van der Waals surface area contributed by atoms with Crippen LogP contribution in [0.25, 0.3) is 11.3 Å². The van der Waals surface area contributed by atoms with Crippen LogP contribution in [0.15, 0.2) is 36.7 Å². The van der Waals surface area contributed by atoms with Crippen LogP contribution < -0.4 is 15.4 Å². The highest BCUT2D eigenvalue weighted by Gasteiger charge is 2.31. The minimum Gasteiger partial charge on any atom is -0.489 e. The number of likely N-dealkylation sites (tertiary alicyclic amines) is 1. The maximum Gasteiger partial charge on any atom is 0.407 e. The first-order valence-corrected chi connectivity index (χ1v) is 11.9. The van der Waals surface area contributed by atoms with E-state index in [1.165, 1.54) is 4.90 Å². The van der Waals surface area contributed by atoms with E-state index in [-0.39, 0.29) is 18.6 Å². The number of pyridine rings is 1. The summed E-state index contributed by atoms with van der Waals surface area (Å²) in [4.78, 5) is 33.5. The average Bonchev–Trinajstić information content (AvgIpc) is 3.46. The van der Waals surface area contributed by atoms with Gasteiger partial charge in [-0.15, -0.1) is 0 Å². The number of hydrogen-bond donors (Lipinski definition) is 4. The second-order valence-electron chi connectivity index (χ2n) is 8.73. The molecule has 0 radical (unpaired) electrons. The van der Waals surface area contributed by atoms with Gasteiger partial charge in [0, 0.05) is 47.7 Å². The van der Waals surface area contributed by atoms with Crippen molar-refractivity contribution in [3.8, 4) is 17.0 Å². The number of halogens is 1. The molecule has 4 N–H and O–H groups in total. The van der Waals surface area contributed by atoms with E-state index in [1.807, 2.05) is 31.2 Å². The lowest BCUT2D eigenvalue weighted by atomic mass is 10.0. The molecule has 1 fully saturated rings. The van der Waals surface area contributed by atoms with Crippen molar-refractivity contribution < 1.29 is 19.4 Å². The lowest BCUT2D eigenvalue weighted by Crippen LogP contribution is -2.38. The fourth-order valence-electron chi connectivity index (χ4n) is 4.73. The summed E-state index contributed by atoms with van der Waals surface area (Å²) < 4.78 is 6.13. The molecule has 5 rings (SSSR count). The molecule has 2 aromatic heterocycles. The molecule has 2 amide bonds. The van der Waals surface area contributed by atoms with Gasteiger partial charge in [-0.2, -0.15) is 0 Å². The maximum atomic E-state index is 12.9. The first kappa shape index (κ1) is 23.0. The van der Waals surface area contributed by atoms with Gasteiger partial charge in [0.25, 0.3) is 5.91 Å². The summed E-state index contributed by atoms with van der Waals surface area (Å²) in [6.45, 7) is 3.20. The smallest absolute Gasteiger partial charge is 0.407 e. The topological polar surface area (TPSA) is 120 Å². The maximum absolute atomic E-state index is 12.9. The van der Waals surface area contributed by atoms with Crippen LogP contribution >= 0.6 is 11.6 Å². The largest absolute Gasteiger partial charge is 0.489 e. The van der Waals surface area contributed by atoms with E-state index in [9.17, 15) is 14.7 Å². The third-order valence-electron chi connectivity index (χ3n) is 6.60. The fourth-order valence-corrected chi connectivity index (χ4v) is 4.91.